The highest BCUT2D eigenvalue weighted by molar-refractivity contribution is 7.72. The molecule has 1 aromatic carbocycles. The van der Waals surface area contributed by atoms with E-state index in [4.69, 9.17) is 5.73 Å². The second-order valence-corrected chi connectivity index (χ2v) is 3.36. The van der Waals surface area contributed by atoms with Gasteiger partial charge in [0.2, 0.25) is 0 Å². The largest absolute Gasteiger partial charge is 0.399 e. The molecule has 12 heavy (non-hydrogen) atoms. The molecule has 4 heteroatoms. The molecule has 0 aliphatic heterocycles. The summed E-state index contributed by atoms with van der Waals surface area (Å²) in [6, 6.07) is 9.49. The van der Waals surface area contributed by atoms with Gasteiger partial charge in [0, 0.05) is 11.4 Å². The maximum absolute atomic E-state index is 9.41. The Morgan fingerprint density at radius 1 is 1.25 bits per heavy atom. The van der Waals surface area contributed by atoms with Gasteiger partial charge in [0.05, 0.1) is 0 Å². The molecular weight excluding hydrogens is 174 g/mol. The minimum Gasteiger partial charge on any atom is -0.399 e. The molecule has 3 nitrogen and oxygen atoms in total. The molecule has 0 unspecified atom stereocenters. The third kappa shape index (κ3) is 7.08. The molecule has 0 bridgehead atoms. The summed E-state index contributed by atoms with van der Waals surface area (Å²) < 4.78 is 18.8. The lowest BCUT2D eigenvalue weighted by molar-refractivity contribution is 0.615. The van der Waals surface area contributed by atoms with Crippen LogP contribution in [-0.4, -0.2) is 14.2 Å². The predicted molar refractivity (Wildman–Crippen MR) is 51.7 cm³/mol. The molecule has 0 radical (unpaired) electrons. The minimum atomic E-state index is -2.10. The molecule has 68 valence electrons. The maximum Gasteiger partial charge on any atom is 0.139 e. The normalized spacial score (nSPS) is 8.83. The molecule has 0 saturated heterocycles. The number of nitrogen functional groups attached to an aromatic ring is 1. The first kappa shape index (κ1) is 11.0. The van der Waals surface area contributed by atoms with Crippen LogP contribution in [-0.2, 0) is 10.7 Å². The summed E-state index contributed by atoms with van der Waals surface area (Å²) in [5.41, 5.74) is 6.18. The van der Waals surface area contributed by atoms with Crippen LogP contribution in [0.3, 0.4) is 0 Å². The molecule has 0 aliphatic carbocycles. The van der Waals surface area contributed by atoms with Crippen molar-refractivity contribution in [3.05, 3.63) is 30.3 Å². The van der Waals surface area contributed by atoms with Crippen LogP contribution in [0.4, 0.5) is 5.69 Å². The van der Waals surface area contributed by atoms with Gasteiger partial charge in [0.1, 0.15) is 10.7 Å². The summed E-state index contributed by atoms with van der Waals surface area (Å²) in [5, 5.41) is 0. The molecule has 0 fully saturated rings. The van der Waals surface area contributed by atoms with Crippen LogP contribution in [0.2, 0.25) is 0 Å². The maximum atomic E-state index is 9.41. The quantitative estimate of drug-likeness (QED) is 0.507. The van der Waals surface area contributed by atoms with Crippen LogP contribution >= 0.6 is 0 Å². The van der Waals surface area contributed by atoms with Crippen molar-refractivity contribution in [2.75, 3.05) is 11.5 Å². The molecule has 0 amide bonds. The van der Waals surface area contributed by atoms with Gasteiger partial charge in [-0.05, 0) is 12.1 Å². The summed E-state index contributed by atoms with van der Waals surface area (Å²) in [4.78, 5) is 0. The van der Waals surface area contributed by atoms with Gasteiger partial charge in [-0.3, -0.25) is 0 Å². The van der Waals surface area contributed by atoms with E-state index in [1.807, 2.05) is 30.3 Å². The van der Waals surface area contributed by atoms with E-state index in [2.05, 4.69) is 0 Å². The lowest BCUT2D eigenvalue weighted by Gasteiger charge is -1.83. The van der Waals surface area contributed by atoms with Crippen LogP contribution in [0.25, 0.3) is 0 Å². The fourth-order valence-corrected chi connectivity index (χ4v) is 0.453. The van der Waals surface area contributed by atoms with Crippen molar-refractivity contribution in [1.29, 1.82) is 0 Å². The molecule has 0 spiro atoms. The SMILES string of the molecule is CC[SH](=O)=O.Nc1ccccc1. The second kappa shape index (κ2) is 6.67. The Labute approximate surface area is 74.2 Å². The molecule has 0 aliphatic rings. The van der Waals surface area contributed by atoms with Crippen LogP contribution in [0.5, 0.6) is 0 Å². The lowest BCUT2D eigenvalue weighted by atomic mass is 10.3. The van der Waals surface area contributed by atoms with Gasteiger partial charge in [-0.15, -0.1) is 0 Å². The zero-order chi connectivity index (χ0) is 9.40. The number of rotatable bonds is 1. The number of thiol groups is 1. The van der Waals surface area contributed by atoms with Gasteiger partial charge in [-0.2, -0.15) is 0 Å². The van der Waals surface area contributed by atoms with E-state index in [0.29, 0.717) is 0 Å². The van der Waals surface area contributed by atoms with Crippen LogP contribution in [0, 0.1) is 0 Å². The van der Waals surface area contributed by atoms with Crippen molar-refractivity contribution in [3.63, 3.8) is 0 Å². The summed E-state index contributed by atoms with van der Waals surface area (Å²) >= 11 is 0. The fraction of sp³-hybridized carbons (Fsp3) is 0.250. The van der Waals surface area contributed by atoms with Crippen LogP contribution in [0.15, 0.2) is 30.3 Å². The van der Waals surface area contributed by atoms with E-state index >= 15 is 0 Å². The minimum absolute atomic E-state index is 0.259. The number of para-hydroxylation sites is 1. The van der Waals surface area contributed by atoms with E-state index in [9.17, 15) is 8.42 Å². The van der Waals surface area contributed by atoms with E-state index in [0.717, 1.165) is 5.69 Å². The lowest BCUT2D eigenvalue weighted by Crippen LogP contribution is -1.79. The van der Waals surface area contributed by atoms with Crippen LogP contribution in [0.1, 0.15) is 6.92 Å². The van der Waals surface area contributed by atoms with Gasteiger partial charge in [-0.25, -0.2) is 8.42 Å². The average Bonchev–Trinajstić information content (AvgIpc) is 2.07. The Morgan fingerprint density at radius 3 is 1.83 bits per heavy atom. The Morgan fingerprint density at radius 2 is 1.67 bits per heavy atom. The van der Waals surface area contributed by atoms with Gasteiger partial charge >= 0.3 is 0 Å². The van der Waals surface area contributed by atoms with Gasteiger partial charge in [0.15, 0.2) is 0 Å². The van der Waals surface area contributed by atoms with E-state index in [-0.39, 0.29) is 5.75 Å². The van der Waals surface area contributed by atoms with Crippen molar-refractivity contribution in [2.45, 2.75) is 6.92 Å². The molecule has 0 heterocycles. The molecule has 2 N–H and O–H groups in total. The number of hydrogen-bond donors (Lipinski definition) is 2. The summed E-state index contributed by atoms with van der Waals surface area (Å²) in [6.07, 6.45) is 0. The summed E-state index contributed by atoms with van der Waals surface area (Å²) in [6.45, 7) is 1.60. The zero-order valence-corrected chi connectivity index (χ0v) is 7.83. The van der Waals surface area contributed by atoms with Crippen molar-refractivity contribution in [1.82, 2.24) is 0 Å². The van der Waals surface area contributed by atoms with Crippen molar-refractivity contribution in [2.24, 2.45) is 0 Å². The Hall–Kier alpha value is -1.03. The van der Waals surface area contributed by atoms with Crippen molar-refractivity contribution >= 4 is 16.4 Å². The molecule has 0 aromatic heterocycles. The number of hydrogen-bond acceptors (Lipinski definition) is 3. The van der Waals surface area contributed by atoms with Gasteiger partial charge in [0.25, 0.3) is 0 Å². The smallest absolute Gasteiger partial charge is 0.139 e. The highest BCUT2D eigenvalue weighted by atomic mass is 32.2. The predicted octanol–water partition coefficient (Wildman–Crippen LogP) is 0.887. The Kier molecular flexibility index (Phi) is 6.09. The summed E-state index contributed by atoms with van der Waals surface area (Å²) in [7, 11) is -2.10. The molecular formula is C8H13NO2S. The van der Waals surface area contributed by atoms with E-state index < -0.39 is 10.7 Å². The Balaban J connectivity index is 0.000000217. The summed E-state index contributed by atoms with van der Waals surface area (Å²) in [5.74, 6) is 0.259. The second-order valence-electron chi connectivity index (χ2n) is 2.06. The van der Waals surface area contributed by atoms with Crippen LogP contribution < -0.4 is 5.73 Å². The first-order chi connectivity index (χ1) is 5.66. The van der Waals surface area contributed by atoms with E-state index in [1.165, 1.54) is 0 Å². The molecule has 0 saturated carbocycles. The highest BCUT2D eigenvalue weighted by Crippen LogP contribution is 1.95. The molecule has 1 rings (SSSR count). The molecule has 1 aromatic rings. The number of benzene rings is 1. The highest BCUT2D eigenvalue weighted by Gasteiger charge is 1.72. The fourth-order valence-electron chi connectivity index (χ4n) is 0.453. The number of anilines is 1. The van der Waals surface area contributed by atoms with Gasteiger partial charge < -0.3 is 5.73 Å². The van der Waals surface area contributed by atoms with Crippen molar-refractivity contribution < 1.29 is 8.42 Å². The molecule has 0 atom stereocenters. The third-order valence-electron chi connectivity index (χ3n) is 1.06. The number of nitrogens with two attached hydrogens (primary N) is 1. The van der Waals surface area contributed by atoms with E-state index in [1.54, 1.807) is 6.92 Å². The standard InChI is InChI=1S/C6H7N.C2H6O2S/c7-6-4-2-1-3-5-6;1-2-5(3)4/h1-5H,7H2;5H,2H2,1H3. The third-order valence-corrected chi connectivity index (χ3v) is 1.57. The van der Waals surface area contributed by atoms with Crippen molar-refractivity contribution in [3.8, 4) is 0 Å². The monoisotopic (exact) mass is 187 g/mol. The first-order valence-electron chi connectivity index (χ1n) is 3.59. The zero-order valence-electron chi connectivity index (χ0n) is 6.93. The average molecular weight is 187 g/mol. The topological polar surface area (TPSA) is 60.2 Å². The Bertz CT molecular complexity index is 262. The van der Waals surface area contributed by atoms with Gasteiger partial charge in [-0.1, -0.05) is 25.1 Å². The first-order valence-corrected chi connectivity index (χ1v) is 4.95.